The molecule has 0 bridgehead atoms. The third kappa shape index (κ3) is 5.48. The number of nitrogens with zero attached hydrogens (tertiary/aromatic N) is 2. The van der Waals surface area contributed by atoms with Crippen molar-refractivity contribution in [1.29, 1.82) is 0 Å². The molecule has 0 saturated carbocycles. The van der Waals surface area contributed by atoms with Gasteiger partial charge in [-0.3, -0.25) is 4.79 Å². The maximum absolute atomic E-state index is 10.7. The highest BCUT2D eigenvalue weighted by molar-refractivity contribution is 8.00. The average molecular weight is 404 g/mol. The molecule has 0 fully saturated rings. The van der Waals surface area contributed by atoms with E-state index in [1.807, 2.05) is 48.7 Å². The number of hydrogen-bond acceptors (Lipinski definition) is 7. The Labute approximate surface area is 164 Å². The van der Waals surface area contributed by atoms with E-state index in [0.717, 1.165) is 31.3 Å². The molecule has 3 rings (SSSR count). The highest BCUT2D eigenvalue weighted by Crippen LogP contribution is 2.36. The smallest absolute Gasteiger partial charge is 0.304 e. The van der Waals surface area contributed by atoms with E-state index in [0.29, 0.717) is 5.75 Å². The van der Waals surface area contributed by atoms with Gasteiger partial charge in [-0.1, -0.05) is 30.0 Å². The van der Waals surface area contributed by atoms with Crippen LogP contribution in [-0.4, -0.2) is 26.8 Å². The first kappa shape index (κ1) is 18.8. The number of aliphatic carboxylic acids is 1. The predicted octanol–water partition coefficient (Wildman–Crippen LogP) is 5.31. The zero-order valence-corrected chi connectivity index (χ0v) is 16.5. The second-order valence-electron chi connectivity index (χ2n) is 5.34. The highest BCUT2D eigenvalue weighted by atomic mass is 32.2. The Morgan fingerprint density at radius 1 is 1.27 bits per heavy atom. The molecule has 0 saturated heterocycles. The number of hydrogen-bond donors (Lipinski definition) is 2. The molecule has 0 aliphatic rings. The second kappa shape index (κ2) is 9.07. The fourth-order valence-corrected chi connectivity index (χ4v) is 4.60. The number of nitrogens with one attached hydrogen (secondary N) is 1. The molecule has 3 aromatic rings. The third-order valence-corrected chi connectivity index (χ3v) is 6.11. The summed E-state index contributed by atoms with van der Waals surface area (Å²) in [6.45, 7) is 1.96. The molecule has 0 aliphatic carbocycles. The van der Waals surface area contributed by atoms with Gasteiger partial charge in [0.2, 0.25) is 0 Å². The zero-order valence-electron chi connectivity index (χ0n) is 14.0. The number of aryl methyl sites for hydroxylation is 1. The van der Waals surface area contributed by atoms with Crippen molar-refractivity contribution in [2.75, 3.05) is 11.1 Å². The maximum atomic E-state index is 10.7. The first-order valence-corrected chi connectivity index (χ1v) is 10.5. The van der Waals surface area contributed by atoms with Crippen molar-refractivity contribution in [1.82, 2.24) is 9.97 Å². The van der Waals surface area contributed by atoms with Gasteiger partial charge in [0.1, 0.15) is 5.82 Å². The highest BCUT2D eigenvalue weighted by Gasteiger charge is 2.11. The Kier molecular flexibility index (Phi) is 6.54. The normalized spacial score (nSPS) is 10.7. The quantitative estimate of drug-likeness (QED) is 0.494. The van der Waals surface area contributed by atoms with Crippen LogP contribution < -0.4 is 5.32 Å². The largest absolute Gasteiger partial charge is 0.481 e. The summed E-state index contributed by atoms with van der Waals surface area (Å²) in [6, 6.07) is 12.1. The molecule has 0 amide bonds. The number of carbonyl (C=O) groups is 1. The first-order valence-electron chi connectivity index (χ1n) is 7.87. The van der Waals surface area contributed by atoms with E-state index in [4.69, 9.17) is 5.11 Å². The van der Waals surface area contributed by atoms with Gasteiger partial charge in [-0.15, -0.1) is 23.1 Å². The van der Waals surface area contributed by atoms with Crippen LogP contribution in [0.1, 0.15) is 12.1 Å². The minimum Gasteiger partial charge on any atom is -0.481 e. The number of benzene rings is 1. The topological polar surface area (TPSA) is 75.1 Å². The van der Waals surface area contributed by atoms with Gasteiger partial charge < -0.3 is 10.4 Å². The summed E-state index contributed by atoms with van der Waals surface area (Å²) >= 11 is 4.65. The Morgan fingerprint density at radius 3 is 2.77 bits per heavy atom. The van der Waals surface area contributed by atoms with Gasteiger partial charge >= 0.3 is 5.97 Å². The summed E-state index contributed by atoms with van der Waals surface area (Å²) in [5.41, 5.74) is 0.968. The fraction of sp³-hybridized carbons (Fsp3) is 0.167. The van der Waals surface area contributed by atoms with Gasteiger partial charge in [0.05, 0.1) is 17.0 Å². The Balaban J connectivity index is 1.82. The van der Waals surface area contributed by atoms with Crippen molar-refractivity contribution in [2.24, 2.45) is 0 Å². The van der Waals surface area contributed by atoms with E-state index in [2.05, 4.69) is 15.3 Å². The molecule has 2 N–H and O–H groups in total. The number of thiazole rings is 1. The fourth-order valence-electron chi connectivity index (χ4n) is 2.06. The molecule has 26 heavy (non-hydrogen) atoms. The Hall–Kier alpha value is -2.03. The van der Waals surface area contributed by atoms with Gasteiger partial charge in [0.15, 0.2) is 5.13 Å². The number of thioether (sulfide) groups is 1. The van der Waals surface area contributed by atoms with E-state index in [-0.39, 0.29) is 6.42 Å². The lowest BCUT2D eigenvalue weighted by atomic mass is 10.4. The summed E-state index contributed by atoms with van der Waals surface area (Å²) < 4.78 is 0. The minimum absolute atomic E-state index is 0.129. The SMILES string of the molecule is Cc1csc(Nc2ncc(SCCC(=O)O)cc2Sc2ccccc2)n1. The zero-order chi connectivity index (χ0) is 18.4. The Morgan fingerprint density at radius 2 is 2.08 bits per heavy atom. The van der Waals surface area contributed by atoms with Crippen molar-refractivity contribution >= 4 is 51.8 Å². The van der Waals surface area contributed by atoms with Gasteiger partial charge in [-0.2, -0.15) is 0 Å². The van der Waals surface area contributed by atoms with E-state index >= 15 is 0 Å². The van der Waals surface area contributed by atoms with Crippen LogP contribution in [0.4, 0.5) is 10.9 Å². The second-order valence-corrected chi connectivity index (χ2v) is 8.49. The van der Waals surface area contributed by atoms with Crippen LogP contribution in [0, 0.1) is 6.92 Å². The molecule has 0 spiro atoms. The molecule has 0 aliphatic heterocycles. The summed E-state index contributed by atoms with van der Waals surface area (Å²) in [6.07, 6.45) is 1.90. The van der Waals surface area contributed by atoms with Gasteiger partial charge in [-0.05, 0) is 25.1 Å². The molecule has 134 valence electrons. The number of pyridine rings is 1. The summed E-state index contributed by atoms with van der Waals surface area (Å²) in [5, 5.41) is 14.9. The van der Waals surface area contributed by atoms with E-state index in [1.165, 1.54) is 23.1 Å². The number of carboxylic acids is 1. The van der Waals surface area contributed by atoms with Crippen molar-refractivity contribution in [3.8, 4) is 0 Å². The van der Waals surface area contributed by atoms with Crippen LogP contribution in [0.3, 0.4) is 0 Å². The van der Waals surface area contributed by atoms with E-state index < -0.39 is 5.97 Å². The Bertz CT molecular complexity index is 884. The number of carboxylic acid groups (broad SMARTS) is 1. The maximum Gasteiger partial charge on any atom is 0.304 e. The number of rotatable bonds is 8. The van der Waals surface area contributed by atoms with Gasteiger partial charge in [0, 0.05) is 27.1 Å². The standard InChI is InChI=1S/C18H17N3O2S3/c1-12-11-25-18(20-12)21-17-15(26-13-5-3-2-4-6-13)9-14(10-19-17)24-8-7-16(22)23/h2-6,9-11H,7-8H2,1H3,(H,22,23)(H,19,20,21). The lowest BCUT2D eigenvalue weighted by Gasteiger charge is -2.11. The number of anilines is 2. The lowest BCUT2D eigenvalue weighted by Crippen LogP contribution is -1.98. The lowest BCUT2D eigenvalue weighted by molar-refractivity contribution is -0.136. The van der Waals surface area contributed by atoms with Crippen LogP contribution in [-0.2, 0) is 4.79 Å². The molecule has 2 aromatic heterocycles. The van der Waals surface area contributed by atoms with Crippen molar-refractivity contribution in [3.05, 3.63) is 53.7 Å². The van der Waals surface area contributed by atoms with E-state index in [1.54, 1.807) is 18.0 Å². The minimum atomic E-state index is -0.790. The van der Waals surface area contributed by atoms with Crippen LogP contribution in [0.15, 0.2) is 62.7 Å². The van der Waals surface area contributed by atoms with Crippen LogP contribution in [0.5, 0.6) is 0 Å². The first-order chi connectivity index (χ1) is 12.6. The summed E-state index contributed by atoms with van der Waals surface area (Å²) in [7, 11) is 0. The molecular weight excluding hydrogens is 386 g/mol. The molecule has 2 heterocycles. The molecule has 0 atom stereocenters. The summed E-state index contributed by atoms with van der Waals surface area (Å²) in [5.74, 6) is 0.475. The van der Waals surface area contributed by atoms with Crippen LogP contribution in [0.2, 0.25) is 0 Å². The van der Waals surface area contributed by atoms with Crippen LogP contribution >= 0.6 is 34.9 Å². The third-order valence-electron chi connectivity index (χ3n) is 3.23. The van der Waals surface area contributed by atoms with Crippen molar-refractivity contribution < 1.29 is 9.90 Å². The van der Waals surface area contributed by atoms with Crippen LogP contribution in [0.25, 0.3) is 0 Å². The molecule has 5 nitrogen and oxygen atoms in total. The summed E-state index contributed by atoms with van der Waals surface area (Å²) in [4.78, 5) is 22.7. The molecule has 0 radical (unpaired) electrons. The van der Waals surface area contributed by atoms with Crippen molar-refractivity contribution in [3.63, 3.8) is 0 Å². The average Bonchev–Trinajstić information content (AvgIpc) is 3.03. The molecular formula is C18H17N3O2S3. The number of aromatic nitrogens is 2. The van der Waals surface area contributed by atoms with Crippen molar-refractivity contribution in [2.45, 2.75) is 28.0 Å². The molecule has 0 unspecified atom stereocenters. The van der Waals surface area contributed by atoms with E-state index in [9.17, 15) is 4.79 Å². The van der Waals surface area contributed by atoms with Gasteiger partial charge in [0.25, 0.3) is 0 Å². The van der Waals surface area contributed by atoms with Gasteiger partial charge in [-0.25, -0.2) is 9.97 Å². The monoisotopic (exact) mass is 403 g/mol. The molecule has 8 heteroatoms. The molecule has 1 aromatic carbocycles. The predicted molar refractivity (Wildman–Crippen MR) is 108 cm³/mol.